The molecule has 2 aromatic carbocycles. The average molecular weight is 356 g/mol. The molecule has 124 valence electrons. The fourth-order valence-electron chi connectivity index (χ4n) is 2.16. The lowest BCUT2D eigenvalue weighted by atomic mass is 10.0. The Morgan fingerprint density at radius 3 is 2.39 bits per heavy atom. The van der Waals surface area contributed by atoms with Gasteiger partial charge in [-0.2, -0.15) is 0 Å². The number of hydrogen-bond acceptors (Lipinski definition) is 4. The Morgan fingerprint density at radius 2 is 1.78 bits per heavy atom. The number of aliphatic hydroxyl groups excluding tert-OH is 2. The highest BCUT2D eigenvalue weighted by molar-refractivity contribution is 7.89. The molecule has 5 nitrogen and oxygen atoms in total. The molecule has 0 aliphatic rings. The van der Waals surface area contributed by atoms with Crippen molar-refractivity contribution in [1.29, 1.82) is 0 Å². The molecule has 0 spiro atoms. The van der Waals surface area contributed by atoms with E-state index in [-0.39, 0.29) is 11.3 Å². The van der Waals surface area contributed by atoms with Gasteiger partial charge in [0.1, 0.15) is 0 Å². The van der Waals surface area contributed by atoms with Gasteiger partial charge in [-0.1, -0.05) is 48.0 Å². The van der Waals surface area contributed by atoms with Crippen LogP contribution in [-0.2, 0) is 10.0 Å². The monoisotopic (exact) mass is 355 g/mol. The summed E-state index contributed by atoms with van der Waals surface area (Å²) in [5.41, 5.74) is 0.660. The SMILES string of the molecule is O=S(=O)(N[C@H](CO)C[C@@H](O)c1ccccc1)c1cccc(Cl)c1. The lowest BCUT2D eigenvalue weighted by Gasteiger charge is -2.20. The number of benzene rings is 2. The second-order valence-corrected chi connectivity index (χ2v) is 7.27. The maximum Gasteiger partial charge on any atom is 0.240 e. The van der Waals surface area contributed by atoms with Crippen molar-refractivity contribution in [1.82, 2.24) is 4.72 Å². The van der Waals surface area contributed by atoms with Gasteiger partial charge in [0, 0.05) is 11.1 Å². The van der Waals surface area contributed by atoms with Gasteiger partial charge in [0.2, 0.25) is 10.0 Å². The first-order valence-electron chi connectivity index (χ1n) is 7.04. The predicted molar refractivity (Wildman–Crippen MR) is 88.7 cm³/mol. The van der Waals surface area contributed by atoms with Crippen molar-refractivity contribution in [3.05, 3.63) is 65.2 Å². The van der Waals surface area contributed by atoms with Gasteiger partial charge in [-0.15, -0.1) is 0 Å². The molecule has 0 bridgehead atoms. The maximum absolute atomic E-state index is 12.3. The second-order valence-electron chi connectivity index (χ2n) is 5.12. The van der Waals surface area contributed by atoms with Crippen LogP contribution < -0.4 is 4.72 Å². The largest absolute Gasteiger partial charge is 0.395 e. The molecule has 0 aliphatic heterocycles. The minimum absolute atomic E-state index is 0.0117. The Morgan fingerprint density at radius 1 is 1.09 bits per heavy atom. The fourth-order valence-corrected chi connectivity index (χ4v) is 3.70. The third kappa shape index (κ3) is 5.02. The highest BCUT2D eigenvalue weighted by atomic mass is 35.5. The van der Waals surface area contributed by atoms with E-state index in [9.17, 15) is 18.6 Å². The first kappa shape index (κ1) is 17.9. The zero-order valence-electron chi connectivity index (χ0n) is 12.3. The second kappa shape index (κ2) is 7.90. The van der Waals surface area contributed by atoms with Gasteiger partial charge in [-0.05, 0) is 30.2 Å². The molecule has 0 aliphatic carbocycles. The topological polar surface area (TPSA) is 86.6 Å². The average Bonchev–Trinajstić information content (AvgIpc) is 2.54. The molecular weight excluding hydrogens is 338 g/mol. The molecule has 0 saturated heterocycles. The number of rotatable bonds is 7. The molecule has 0 heterocycles. The van der Waals surface area contributed by atoms with E-state index in [0.29, 0.717) is 10.6 Å². The van der Waals surface area contributed by atoms with Crippen LogP contribution in [0.1, 0.15) is 18.1 Å². The molecule has 3 N–H and O–H groups in total. The first-order valence-corrected chi connectivity index (χ1v) is 8.90. The molecule has 0 fully saturated rings. The van der Waals surface area contributed by atoms with Gasteiger partial charge in [0.25, 0.3) is 0 Å². The fraction of sp³-hybridized carbons (Fsp3) is 0.250. The Balaban J connectivity index is 2.10. The zero-order chi connectivity index (χ0) is 16.9. The highest BCUT2D eigenvalue weighted by Crippen LogP contribution is 2.20. The van der Waals surface area contributed by atoms with Crippen LogP contribution in [0.4, 0.5) is 0 Å². The summed E-state index contributed by atoms with van der Waals surface area (Å²) in [6, 6.07) is 13.9. The van der Waals surface area contributed by atoms with Crippen LogP contribution in [0.2, 0.25) is 5.02 Å². The summed E-state index contributed by atoms with van der Waals surface area (Å²) in [6.07, 6.45) is -0.823. The minimum atomic E-state index is -3.83. The first-order chi connectivity index (χ1) is 10.9. The number of hydrogen-bond donors (Lipinski definition) is 3. The van der Waals surface area contributed by atoms with Crippen LogP contribution in [-0.4, -0.2) is 31.3 Å². The van der Waals surface area contributed by atoms with Crippen molar-refractivity contribution in [2.24, 2.45) is 0 Å². The quantitative estimate of drug-likeness (QED) is 0.710. The zero-order valence-corrected chi connectivity index (χ0v) is 13.8. The minimum Gasteiger partial charge on any atom is -0.395 e. The van der Waals surface area contributed by atoms with Crippen molar-refractivity contribution in [3.63, 3.8) is 0 Å². The molecule has 23 heavy (non-hydrogen) atoms. The van der Waals surface area contributed by atoms with Crippen LogP contribution >= 0.6 is 11.6 Å². The van der Waals surface area contributed by atoms with Crippen LogP contribution in [0.25, 0.3) is 0 Å². The highest BCUT2D eigenvalue weighted by Gasteiger charge is 2.22. The summed E-state index contributed by atoms with van der Waals surface area (Å²) in [5, 5.41) is 19.9. The van der Waals surface area contributed by atoms with Crippen LogP contribution in [0.5, 0.6) is 0 Å². The summed E-state index contributed by atoms with van der Waals surface area (Å²) in [5.74, 6) is 0. The van der Waals surface area contributed by atoms with Crippen LogP contribution in [0.3, 0.4) is 0 Å². The van der Waals surface area contributed by atoms with Crippen molar-refractivity contribution >= 4 is 21.6 Å². The van der Waals surface area contributed by atoms with Crippen LogP contribution in [0.15, 0.2) is 59.5 Å². The normalized spacial score (nSPS) is 14.4. The van der Waals surface area contributed by atoms with E-state index >= 15 is 0 Å². The number of halogens is 1. The van der Waals surface area contributed by atoms with Gasteiger partial charge in [0.05, 0.1) is 17.6 Å². The van der Waals surface area contributed by atoms with Crippen molar-refractivity contribution < 1.29 is 18.6 Å². The molecule has 7 heteroatoms. The smallest absolute Gasteiger partial charge is 0.240 e. The standard InChI is InChI=1S/C16H18ClNO4S/c17-13-7-4-8-15(9-13)23(21,22)18-14(11-19)10-16(20)12-5-2-1-3-6-12/h1-9,14,16,18-20H,10-11H2/t14-,16+/m0/s1. The van der Waals surface area contributed by atoms with Crippen molar-refractivity contribution in [3.8, 4) is 0 Å². The Bertz CT molecular complexity index is 737. The van der Waals surface area contributed by atoms with E-state index in [2.05, 4.69) is 4.72 Å². The Labute approximate surface area is 140 Å². The van der Waals surface area contributed by atoms with E-state index in [1.54, 1.807) is 30.3 Å². The Kier molecular flexibility index (Phi) is 6.15. The molecule has 2 aromatic rings. The van der Waals surface area contributed by atoms with E-state index in [0.717, 1.165) is 0 Å². The summed E-state index contributed by atoms with van der Waals surface area (Å²) in [7, 11) is -3.83. The number of aliphatic hydroxyl groups is 2. The van der Waals surface area contributed by atoms with E-state index in [1.807, 2.05) is 6.07 Å². The van der Waals surface area contributed by atoms with Crippen LogP contribution in [0, 0.1) is 0 Å². The van der Waals surface area contributed by atoms with E-state index < -0.39 is 28.8 Å². The summed E-state index contributed by atoms with van der Waals surface area (Å²) >= 11 is 5.80. The lowest BCUT2D eigenvalue weighted by Crippen LogP contribution is -2.38. The number of nitrogens with one attached hydrogen (secondary N) is 1. The predicted octanol–water partition coefficient (Wildman–Crippen LogP) is 2.10. The van der Waals surface area contributed by atoms with Gasteiger partial charge < -0.3 is 10.2 Å². The van der Waals surface area contributed by atoms with Crippen molar-refractivity contribution in [2.45, 2.75) is 23.5 Å². The van der Waals surface area contributed by atoms with E-state index in [4.69, 9.17) is 11.6 Å². The molecule has 0 aromatic heterocycles. The van der Waals surface area contributed by atoms with Crippen molar-refractivity contribution in [2.75, 3.05) is 6.61 Å². The van der Waals surface area contributed by atoms with Gasteiger partial charge in [-0.3, -0.25) is 0 Å². The Hall–Kier alpha value is -1.44. The molecule has 0 unspecified atom stereocenters. The third-order valence-electron chi connectivity index (χ3n) is 3.34. The lowest BCUT2D eigenvalue weighted by molar-refractivity contribution is 0.136. The van der Waals surface area contributed by atoms with E-state index in [1.165, 1.54) is 18.2 Å². The van der Waals surface area contributed by atoms with Gasteiger partial charge in [-0.25, -0.2) is 13.1 Å². The molecule has 2 atom stereocenters. The molecule has 0 radical (unpaired) electrons. The molecule has 2 rings (SSSR count). The summed E-state index contributed by atoms with van der Waals surface area (Å²) in [4.78, 5) is 0.0117. The molecule has 0 saturated carbocycles. The number of sulfonamides is 1. The summed E-state index contributed by atoms with van der Waals surface area (Å²) < 4.78 is 27.0. The molecular formula is C16H18ClNO4S. The third-order valence-corrected chi connectivity index (χ3v) is 5.09. The molecule has 0 amide bonds. The van der Waals surface area contributed by atoms with Gasteiger partial charge >= 0.3 is 0 Å². The maximum atomic E-state index is 12.3. The summed E-state index contributed by atoms with van der Waals surface area (Å²) in [6.45, 7) is -0.427. The van der Waals surface area contributed by atoms with Gasteiger partial charge in [0.15, 0.2) is 0 Å².